The minimum absolute atomic E-state index is 0.0786. The summed E-state index contributed by atoms with van der Waals surface area (Å²) in [7, 11) is 4.09. The second-order valence-electron chi connectivity index (χ2n) is 8.73. The molecule has 0 spiro atoms. The molecule has 2 aromatic rings. The van der Waals surface area contributed by atoms with E-state index in [0.29, 0.717) is 44.7 Å². The van der Waals surface area contributed by atoms with Crippen LogP contribution >= 0.6 is 0 Å². The maximum absolute atomic E-state index is 12.9. The normalized spacial score (nSPS) is 23.1. The van der Waals surface area contributed by atoms with E-state index in [4.69, 9.17) is 0 Å². The Morgan fingerprint density at radius 3 is 2.60 bits per heavy atom. The van der Waals surface area contributed by atoms with Crippen molar-refractivity contribution in [2.75, 3.05) is 46.8 Å². The van der Waals surface area contributed by atoms with Crippen molar-refractivity contribution in [2.45, 2.75) is 12.8 Å². The van der Waals surface area contributed by atoms with Crippen LogP contribution in [0.4, 0.5) is 0 Å². The van der Waals surface area contributed by atoms with Crippen LogP contribution in [0.1, 0.15) is 22.5 Å². The van der Waals surface area contributed by atoms with Gasteiger partial charge in [0.15, 0.2) is 5.69 Å². The average molecular weight is 409 g/mol. The molecule has 2 atom stereocenters. The number of pyridine rings is 1. The van der Waals surface area contributed by atoms with Gasteiger partial charge in [-0.3, -0.25) is 14.6 Å². The summed E-state index contributed by atoms with van der Waals surface area (Å²) in [6, 6.07) is 7.34. The van der Waals surface area contributed by atoms with E-state index in [1.165, 1.54) is 0 Å². The van der Waals surface area contributed by atoms with Gasteiger partial charge in [0.2, 0.25) is 5.91 Å². The van der Waals surface area contributed by atoms with E-state index >= 15 is 0 Å². The highest BCUT2D eigenvalue weighted by Gasteiger charge is 2.54. The maximum atomic E-state index is 12.9. The van der Waals surface area contributed by atoms with Crippen molar-refractivity contribution in [1.29, 1.82) is 0 Å². The van der Waals surface area contributed by atoms with Gasteiger partial charge < -0.3 is 14.7 Å². The van der Waals surface area contributed by atoms with Gasteiger partial charge in [0.25, 0.3) is 5.91 Å². The number of fused-ring (bicyclic) bond motifs is 1. The van der Waals surface area contributed by atoms with E-state index < -0.39 is 0 Å². The van der Waals surface area contributed by atoms with Crippen molar-refractivity contribution in [3.63, 3.8) is 0 Å². The summed E-state index contributed by atoms with van der Waals surface area (Å²) in [4.78, 5) is 36.0. The molecule has 2 aromatic heterocycles. The molecule has 158 valence electrons. The van der Waals surface area contributed by atoms with Crippen molar-refractivity contribution in [1.82, 2.24) is 29.9 Å². The molecule has 8 nitrogen and oxygen atoms in total. The lowest BCUT2D eigenvalue weighted by Gasteiger charge is -2.32. The zero-order chi connectivity index (χ0) is 21.1. The summed E-state index contributed by atoms with van der Waals surface area (Å²) in [6.45, 7) is 3.51. The Morgan fingerprint density at radius 1 is 1.13 bits per heavy atom. The van der Waals surface area contributed by atoms with E-state index in [-0.39, 0.29) is 23.1 Å². The molecule has 30 heavy (non-hydrogen) atoms. The van der Waals surface area contributed by atoms with Gasteiger partial charge in [0.05, 0.1) is 0 Å². The molecule has 0 bridgehead atoms. The Bertz CT molecular complexity index is 891. The molecule has 8 heteroatoms. The SMILES string of the molecule is CN(C)C[C@@]12CN(C(=O)CCc3cccnc3)C[C@@H]1CN(C(=O)c1cccnn1)C2. The molecule has 2 fully saturated rings. The second-order valence-corrected chi connectivity index (χ2v) is 8.73. The molecule has 0 aromatic carbocycles. The summed E-state index contributed by atoms with van der Waals surface area (Å²) in [5, 5.41) is 7.81. The highest BCUT2D eigenvalue weighted by atomic mass is 16.2. The summed E-state index contributed by atoms with van der Waals surface area (Å²) in [6.07, 6.45) is 6.31. The van der Waals surface area contributed by atoms with Crippen molar-refractivity contribution >= 4 is 11.8 Å². The zero-order valence-electron chi connectivity index (χ0n) is 17.6. The van der Waals surface area contributed by atoms with Crippen LogP contribution < -0.4 is 0 Å². The van der Waals surface area contributed by atoms with Crippen molar-refractivity contribution in [3.8, 4) is 0 Å². The third kappa shape index (κ3) is 4.18. The first kappa shape index (κ1) is 20.4. The summed E-state index contributed by atoms with van der Waals surface area (Å²) < 4.78 is 0. The Balaban J connectivity index is 1.43. The third-order valence-electron chi connectivity index (χ3n) is 6.17. The number of nitrogens with zero attached hydrogens (tertiary/aromatic N) is 6. The number of aromatic nitrogens is 3. The number of hydrogen-bond donors (Lipinski definition) is 0. The fourth-order valence-electron chi connectivity index (χ4n) is 4.91. The van der Waals surface area contributed by atoms with Gasteiger partial charge in [-0.1, -0.05) is 6.07 Å². The Kier molecular flexibility index (Phi) is 5.76. The van der Waals surface area contributed by atoms with Gasteiger partial charge in [-0.15, -0.1) is 5.10 Å². The molecule has 4 heterocycles. The molecule has 2 aliphatic heterocycles. The van der Waals surface area contributed by atoms with Gasteiger partial charge in [0, 0.05) is 69.1 Å². The second kappa shape index (κ2) is 8.47. The molecule has 4 rings (SSSR count). The Labute approximate surface area is 176 Å². The third-order valence-corrected chi connectivity index (χ3v) is 6.17. The fraction of sp³-hybridized carbons (Fsp3) is 0.500. The summed E-state index contributed by atoms with van der Waals surface area (Å²) in [5.41, 5.74) is 1.35. The molecule has 0 N–H and O–H groups in total. The Hall–Kier alpha value is -2.87. The first-order chi connectivity index (χ1) is 14.5. The predicted molar refractivity (Wildman–Crippen MR) is 112 cm³/mol. The lowest BCUT2D eigenvalue weighted by Crippen LogP contribution is -2.43. The van der Waals surface area contributed by atoms with Crippen LogP contribution in [0.15, 0.2) is 42.9 Å². The first-order valence-electron chi connectivity index (χ1n) is 10.4. The van der Waals surface area contributed by atoms with Crippen LogP contribution in [0.25, 0.3) is 0 Å². The van der Waals surface area contributed by atoms with Crippen LogP contribution in [-0.4, -0.2) is 88.5 Å². The van der Waals surface area contributed by atoms with E-state index in [9.17, 15) is 9.59 Å². The standard InChI is InChI=1S/C22H28N6O2/c1-26(2)14-22-15-27(20(29)8-7-17-5-3-9-23-11-17)12-18(22)13-28(16-22)21(30)19-6-4-10-24-25-19/h3-6,9-11,18H,7-8,12-16H2,1-2H3/t18-,22+/m1/s1. The molecular formula is C22H28N6O2. The van der Waals surface area contributed by atoms with Crippen molar-refractivity contribution in [2.24, 2.45) is 11.3 Å². The zero-order valence-corrected chi connectivity index (χ0v) is 17.6. The van der Waals surface area contributed by atoms with Gasteiger partial charge in [-0.2, -0.15) is 5.10 Å². The molecular weight excluding hydrogens is 380 g/mol. The average Bonchev–Trinajstić information content (AvgIpc) is 3.26. The highest BCUT2D eigenvalue weighted by molar-refractivity contribution is 5.92. The summed E-state index contributed by atoms with van der Waals surface area (Å²) in [5.74, 6) is 0.367. The number of amides is 2. The van der Waals surface area contributed by atoms with Crippen molar-refractivity contribution in [3.05, 3.63) is 54.1 Å². The van der Waals surface area contributed by atoms with Crippen molar-refractivity contribution < 1.29 is 9.59 Å². The molecule has 0 saturated carbocycles. The summed E-state index contributed by atoms with van der Waals surface area (Å²) >= 11 is 0. The number of carbonyl (C=O) groups excluding carboxylic acids is 2. The van der Waals surface area contributed by atoms with Gasteiger partial charge in [0.1, 0.15) is 0 Å². The predicted octanol–water partition coefficient (Wildman–Crippen LogP) is 0.967. The van der Waals surface area contributed by atoms with Crippen LogP contribution in [0, 0.1) is 11.3 Å². The van der Waals surface area contributed by atoms with Gasteiger partial charge in [-0.25, -0.2) is 0 Å². The minimum Gasteiger partial charge on any atom is -0.342 e. The molecule has 0 unspecified atom stereocenters. The number of rotatable bonds is 6. The molecule has 2 amide bonds. The van der Waals surface area contributed by atoms with Crippen LogP contribution in [0.3, 0.4) is 0 Å². The molecule has 2 aliphatic rings. The van der Waals surface area contributed by atoms with E-state index in [2.05, 4.69) is 20.1 Å². The number of likely N-dealkylation sites (tertiary alicyclic amines) is 2. The monoisotopic (exact) mass is 408 g/mol. The number of hydrogen-bond acceptors (Lipinski definition) is 6. The Morgan fingerprint density at radius 2 is 1.90 bits per heavy atom. The number of aryl methyl sites for hydroxylation is 1. The number of carbonyl (C=O) groups is 2. The molecule has 2 saturated heterocycles. The van der Waals surface area contributed by atoms with Gasteiger partial charge >= 0.3 is 0 Å². The van der Waals surface area contributed by atoms with E-state index in [1.54, 1.807) is 24.5 Å². The van der Waals surface area contributed by atoms with E-state index in [0.717, 1.165) is 12.1 Å². The van der Waals surface area contributed by atoms with Gasteiger partial charge in [-0.05, 0) is 44.3 Å². The highest BCUT2D eigenvalue weighted by Crippen LogP contribution is 2.43. The lowest BCUT2D eigenvalue weighted by molar-refractivity contribution is -0.130. The maximum Gasteiger partial charge on any atom is 0.274 e. The smallest absolute Gasteiger partial charge is 0.274 e. The fourth-order valence-corrected chi connectivity index (χ4v) is 4.91. The first-order valence-corrected chi connectivity index (χ1v) is 10.4. The van der Waals surface area contributed by atoms with Crippen LogP contribution in [0.2, 0.25) is 0 Å². The van der Waals surface area contributed by atoms with Crippen LogP contribution in [0.5, 0.6) is 0 Å². The lowest BCUT2D eigenvalue weighted by atomic mass is 9.80. The van der Waals surface area contributed by atoms with E-state index in [1.807, 2.05) is 42.2 Å². The minimum atomic E-state index is -0.106. The molecule has 0 aliphatic carbocycles. The topological polar surface area (TPSA) is 82.5 Å². The largest absolute Gasteiger partial charge is 0.342 e. The van der Waals surface area contributed by atoms with Crippen LogP contribution in [-0.2, 0) is 11.2 Å². The quantitative estimate of drug-likeness (QED) is 0.708. The molecule has 0 radical (unpaired) electrons.